The molecule has 0 bridgehead atoms. The molecule has 0 fully saturated rings. The average molecular weight is 294 g/mol. The highest BCUT2D eigenvalue weighted by molar-refractivity contribution is 5.78. The molecule has 22 heavy (non-hydrogen) atoms. The second-order valence-corrected chi connectivity index (χ2v) is 5.29. The van der Waals surface area contributed by atoms with E-state index in [1.54, 1.807) is 16.6 Å². The molecular weight excluding hydrogens is 281 g/mol. The molecule has 1 N–H and O–H groups in total. The van der Waals surface area contributed by atoms with E-state index in [2.05, 4.69) is 5.21 Å². The van der Waals surface area contributed by atoms with E-state index in [0.29, 0.717) is 11.2 Å². The minimum absolute atomic E-state index is 0.158. The molecule has 0 atom stereocenters. The number of aromatic nitrogens is 3. The van der Waals surface area contributed by atoms with E-state index in [1.165, 1.54) is 16.8 Å². The number of halogens is 1. The zero-order chi connectivity index (χ0) is 15.3. The molecule has 4 nitrogen and oxygen atoms in total. The Morgan fingerprint density at radius 2 is 1.82 bits per heavy atom. The minimum atomic E-state index is -0.331. The van der Waals surface area contributed by atoms with Gasteiger partial charge in [0, 0.05) is 10.9 Å². The van der Waals surface area contributed by atoms with E-state index >= 15 is 0 Å². The fraction of sp³-hybridized carbons (Fsp3) is 0.0588. The largest absolute Gasteiger partial charge is 0.406 e. The quantitative estimate of drug-likeness (QED) is 0.538. The van der Waals surface area contributed by atoms with Gasteiger partial charge in [0.2, 0.25) is 5.52 Å². The zero-order valence-corrected chi connectivity index (χ0v) is 11.9. The first kappa shape index (κ1) is 12.8. The third-order valence-electron chi connectivity index (χ3n) is 3.84. The maximum atomic E-state index is 13.1. The van der Waals surface area contributed by atoms with Crippen LogP contribution in [0.2, 0.25) is 0 Å². The number of hydrogen-bond acceptors (Lipinski definition) is 1. The van der Waals surface area contributed by atoms with Crippen molar-refractivity contribution in [3.05, 3.63) is 76.3 Å². The Morgan fingerprint density at radius 1 is 1.09 bits per heavy atom. The van der Waals surface area contributed by atoms with Crippen molar-refractivity contribution < 1.29 is 8.91 Å². The molecule has 0 radical (unpaired) electrons. The van der Waals surface area contributed by atoms with Crippen LogP contribution in [-0.4, -0.2) is 9.90 Å². The van der Waals surface area contributed by atoms with Crippen LogP contribution in [0.4, 0.5) is 4.39 Å². The van der Waals surface area contributed by atoms with Crippen molar-refractivity contribution in [2.75, 3.05) is 0 Å². The molecule has 5 heteroatoms. The third-order valence-corrected chi connectivity index (χ3v) is 3.84. The molecule has 2 aromatic heterocycles. The molecule has 0 unspecified atom stereocenters. The van der Waals surface area contributed by atoms with Crippen LogP contribution >= 0.6 is 0 Å². The molecule has 0 aliphatic heterocycles. The molecule has 0 aliphatic carbocycles. The van der Waals surface area contributed by atoms with E-state index in [1.807, 2.05) is 37.3 Å². The number of benzene rings is 2. The molecule has 4 rings (SSSR count). The van der Waals surface area contributed by atoms with Crippen LogP contribution in [0.25, 0.3) is 22.1 Å². The van der Waals surface area contributed by atoms with Gasteiger partial charge in [0.25, 0.3) is 0 Å². The fourth-order valence-corrected chi connectivity index (χ4v) is 2.80. The Hall–Kier alpha value is -2.95. The third kappa shape index (κ3) is 1.75. The average Bonchev–Trinajstić information content (AvgIpc) is 2.87. The summed E-state index contributed by atoms with van der Waals surface area (Å²) in [5.41, 5.74) is 2.83. The number of aryl methyl sites for hydroxylation is 1. The van der Waals surface area contributed by atoms with Gasteiger partial charge in [0.1, 0.15) is 5.82 Å². The number of nitrogens with zero attached hydrogens (tertiary/aromatic N) is 2. The van der Waals surface area contributed by atoms with Crippen molar-refractivity contribution in [1.82, 2.24) is 9.90 Å². The van der Waals surface area contributed by atoms with Gasteiger partial charge in [-0.05, 0) is 43.3 Å². The van der Waals surface area contributed by atoms with Gasteiger partial charge in [-0.15, -0.1) is 4.52 Å². The highest BCUT2D eigenvalue weighted by atomic mass is 19.1. The normalized spacial score (nSPS) is 11.4. The maximum absolute atomic E-state index is 13.1. The number of pyridine rings is 1. The summed E-state index contributed by atoms with van der Waals surface area (Å²) < 4.78 is 16.3. The van der Waals surface area contributed by atoms with Gasteiger partial charge >= 0.3 is 5.56 Å². The van der Waals surface area contributed by atoms with Gasteiger partial charge < -0.3 is 0 Å². The summed E-state index contributed by atoms with van der Waals surface area (Å²) in [6.45, 7) is 1.91. The lowest BCUT2D eigenvalue weighted by Crippen LogP contribution is -2.26. The summed E-state index contributed by atoms with van der Waals surface area (Å²) in [6.07, 6.45) is 0. The Labute approximate surface area is 125 Å². The second kappa shape index (κ2) is 4.53. The second-order valence-electron chi connectivity index (χ2n) is 5.29. The molecule has 108 valence electrons. The van der Waals surface area contributed by atoms with E-state index < -0.39 is 0 Å². The van der Waals surface area contributed by atoms with Crippen molar-refractivity contribution in [3.8, 4) is 5.69 Å². The number of para-hydroxylation sites is 1. The monoisotopic (exact) mass is 294 g/mol. The van der Waals surface area contributed by atoms with E-state index in [0.717, 1.165) is 16.5 Å². The van der Waals surface area contributed by atoms with Crippen LogP contribution in [0.15, 0.2) is 59.4 Å². The number of nitrogens with one attached hydrogen (secondary N) is 1. The summed E-state index contributed by atoms with van der Waals surface area (Å²) in [7, 11) is 0. The Morgan fingerprint density at radius 3 is 2.59 bits per heavy atom. The van der Waals surface area contributed by atoms with Gasteiger partial charge in [-0.1, -0.05) is 28.1 Å². The predicted molar refractivity (Wildman–Crippen MR) is 81.8 cm³/mol. The molecule has 2 heterocycles. The summed E-state index contributed by atoms with van der Waals surface area (Å²) >= 11 is 0. The molecule has 4 aromatic rings. The van der Waals surface area contributed by atoms with Crippen LogP contribution < -0.4 is 10.1 Å². The molecule has 0 spiro atoms. The first-order valence-corrected chi connectivity index (χ1v) is 6.96. The first-order valence-electron chi connectivity index (χ1n) is 6.96. The molecule has 0 saturated heterocycles. The fourth-order valence-electron chi connectivity index (χ4n) is 2.80. The predicted octanol–water partition coefficient (Wildman–Crippen LogP) is 2.51. The van der Waals surface area contributed by atoms with Crippen molar-refractivity contribution in [1.29, 1.82) is 0 Å². The van der Waals surface area contributed by atoms with Crippen LogP contribution in [-0.2, 0) is 0 Å². The lowest BCUT2D eigenvalue weighted by Gasteiger charge is -1.97. The molecule has 2 aromatic carbocycles. The molecule has 0 amide bonds. The van der Waals surface area contributed by atoms with Gasteiger partial charge in [-0.2, -0.15) is 0 Å². The number of fused-ring (bicyclic) bond motifs is 3. The topological polar surface area (TPSA) is 41.9 Å². The summed E-state index contributed by atoms with van der Waals surface area (Å²) in [5, 5.41) is 4.13. The minimum Gasteiger partial charge on any atom is -0.234 e. The maximum Gasteiger partial charge on any atom is 0.406 e. The smallest absolute Gasteiger partial charge is 0.234 e. The highest BCUT2D eigenvalue weighted by Crippen LogP contribution is 2.14. The van der Waals surface area contributed by atoms with Gasteiger partial charge in [0.15, 0.2) is 11.2 Å². The molecule has 0 aliphatic rings. The highest BCUT2D eigenvalue weighted by Gasteiger charge is 2.21. The number of H-pyrrole nitrogens is 1. The van der Waals surface area contributed by atoms with Crippen molar-refractivity contribution >= 4 is 16.4 Å². The lowest BCUT2D eigenvalue weighted by molar-refractivity contribution is -0.555. The van der Waals surface area contributed by atoms with Crippen LogP contribution in [0.3, 0.4) is 0 Å². The lowest BCUT2D eigenvalue weighted by atomic mass is 10.1. The standard InChI is InChI=1S/C17H12FN3O/c1-11-10-12-4-2-3-5-15(12)21-16(11)17(22)20(19-21)14-8-6-13(18)7-9-14/h2-10H,1H3/p+1. The Bertz CT molecular complexity index is 1060. The van der Waals surface area contributed by atoms with Crippen LogP contribution in [0.5, 0.6) is 0 Å². The van der Waals surface area contributed by atoms with Gasteiger partial charge in [-0.25, -0.2) is 9.18 Å². The summed E-state index contributed by atoms with van der Waals surface area (Å²) in [5.74, 6) is -0.331. The SMILES string of the molecule is Cc1cc2ccccc2[n+]2[nH]n(-c3ccc(F)cc3)c(=O)c12. The molecular formula is C17H13FN3O+. The van der Waals surface area contributed by atoms with Crippen molar-refractivity contribution in [2.45, 2.75) is 6.92 Å². The van der Waals surface area contributed by atoms with Gasteiger partial charge in [-0.3, -0.25) is 0 Å². The summed E-state index contributed by atoms with van der Waals surface area (Å²) in [6, 6.07) is 15.7. The number of rotatable bonds is 1. The van der Waals surface area contributed by atoms with E-state index in [4.69, 9.17) is 0 Å². The Kier molecular flexibility index (Phi) is 2.63. The van der Waals surface area contributed by atoms with Crippen molar-refractivity contribution in [2.24, 2.45) is 0 Å². The van der Waals surface area contributed by atoms with E-state index in [9.17, 15) is 9.18 Å². The van der Waals surface area contributed by atoms with Gasteiger partial charge in [0.05, 0.1) is 0 Å². The first-order chi connectivity index (χ1) is 10.6. The number of aromatic amines is 1. The van der Waals surface area contributed by atoms with Crippen LogP contribution in [0.1, 0.15) is 5.56 Å². The van der Waals surface area contributed by atoms with Crippen LogP contribution in [0, 0.1) is 12.7 Å². The zero-order valence-electron chi connectivity index (χ0n) is 11.9. The Balaban J connectivity index is 2.12. The number of hydrogen-bond donors (Lipinski definition) is 1. The van der Waals surface area contributed by atoms with E-state index in [-0.39, 0.29) is 11.4 Å². The molecule has 0 saturated carbocycles. The summed E-state index contributed by atoms with van der Waals surface area (Å²) in [4.78, 5) is 12.7. The van der Waals surface area contributed by atoms with Crippen molar-refractivity contribution in [3.63, 3.8) is 0 Å².